The van der Waals surface area contributed by atoms with Gasteiger partial charge in [-0.3, -0.25) is 0 Å². The number of hydrogen-bond donors (Lipinski definition) is 2. The minimum Gasteiger partial charge on any atom is -0.330 e. The number of sulfone groups is 1. The van der Waals surface area contributed by atoms with Gasteiger partial charge in [-0.1, -0.05) is 12.1 Å². The van der Waals surface area contributed by atoms with Crippen molar-refractivity contribution in [1.29, 1.82) is 0 Å². The minimum atomic E-state index is -3.17. The minimum absolute atomic E-state index is 0.103. The second-order valence-electron chi connectivity index (χ2n) is 3.31. The average molecular weight is 228 g/mol. The highest BCUT2D eigenvalue weighted by Gasteiger charge is 2.12. The standard InChI is InChI=1S/C10H16N2O2S/c11-6-1-7-15(13,14)10-4-2-9(8-12)3-5-10/h2-5H,1,6-8,11-12H2. The summed E-state index contributed by atoms with van der Waals surface area (Å²) in [7, 11) is -3.17. The van der Waals surface area contributed by atoms with E-state index in [0.29, 0.717) is 24.4 Å². The van der Waals surface area contributed by atoms with Crippen molar-refractivity contribution in [2.75, 3.05) is 12.3 Å². The fourth-order valence-corrected chi connectivity index (χ4v) is 2.56. The Morgan fingerprint density at radius 3 is 2.13 bits per heavy atom. The number of nitrogens with two attached hydrogens (primary N) is 2. The SMILES string of the molecule is NCCCS(=O)(=O)c1ccc(CN)cc1. The lowest BCUT2D eigenvalue weighted by atomic mass is 10.2. The van der Waals surface area contributed by atoms with Crippen LogP contribution in [0.25, 0.3) is 0 Å². The van der Waals surface area contributed by atoms with E-state index in [4.69, 9.17) is 11.5 Å². The zero-order valence-corrected chi connectivity index (χ0v) is 9.33. The van der Waals surface area contributed by atoms with Gasteiger partial charge >= 0.3 is 0 Å². The van der Waals surface area contributed by atoms with Gasteiger partial charge < -0.3 is 11.5 Å². The van der Waals surface area contributed by atoms with Gasteiger partial charge in [0, 0.05) is 6.54 Å². The first-order chi connectivity index (χ1) is 7.10. The summed E-state index contributed by atoms with van der Waals surface area (Å²) in [5.74, 6) is 0.103. The molecule has 0 bridgehead atoms. The van der Waals surface area contributed by atoms with Crippen LogP contribution in [-0.2, 0) is 16.4 Å². The lowest BCUT2D eigenvalue weighted by Gasteiger charge is -2.04. The summed E-state index contributed by atoms with van der Waals surface area (Å²) in [4.78, 5) is 0.341. The molecule has 0 aromatic heterocycles. The maximum absolute atomic E-state index is 11.7. The maximum Gasteiger partial charge on any atom is 0.178 e. The summed E-state index contributed by atoms with van der Waals surface area (Å²) < 4.78 is 23.4. The molecule has 0 radical (unpaired) electrons. The van der Waals surface area contributed by atoms with E-state index in [2.05, 4.69) is 0 Å². The van der Waals surface area contributed by atoms with E-state index < -0.39 is 9.84 Å². The Kier molecular flexibility index (Phi) is 4.26. The zero-order valence-electron chi connectivity index (χ0n) is 8.52. The van der Waals surface area contributed by atoms with Crippen LogP contribution in [0, 0.1) is 0 Å². The second kappa shape index (κ2) is 5.25. The molecular formula is C10H16N2O2S. The zero-order chi connectivity index (χ0) is 11.3. The third kappa shape index (κ3) is 3.30. The molecule has 0 aliphatic heterocycles. The van der Waals surface area contributed by atoms with Crippen LogP contribution < -0.4 is 11.5 Å². The van der Waals surface area contributed by atoms with Gasteiger partial charge in [0.2, 0.25) is 0 Å². The number of hydrogen-bond acceptors (Lipinski definition) is 4. The predicted molar refractivity (Wildman–Crippen MR) is 60.1 cm³/mol. The first-order valence-electron chi connectivity index (χ1n) is 4.82. The Balaban J connectivity index is 2.86. The maximum atomic E-state index is 11.7. The first-order valence-corrected chi connectivity index (χ1v) is 6.47. The lowest BCUT2D eigenvalue weighted by molar-refractivity contribution is 0.593. The van der Waals surface area contributed by atoms with Crippen molar-refractivity contribution < 1.29 is 8.42 Å². The van der Waals surface area contributed by atoms with Crippen molar-refractivity contribution in [2.45, 2.75) is 17.9 Å². The summed E-state index contributed by atoms with van der Waals surface area (Å²) in [5.41, 5.74) is 11.6. The van der Waals surface area contributed by atoms with E-state index in [-0.39, 0.29) is 5.75 Å². The highest BCUT2D eigenvalue weighted by atomic mass is 32.2. The Hall–Kier alpha value is -0.910. The fraction of sp³-hybridized carbons (Fsp3) is 0.400. The highest BCUT2D eigenvalue weighted by molar-refractivity contribution is 7.91. The topological polar surface area (TPSA) is 86.2 Å². The normalized spacial score (nSPS) is 11.6. The van der Waals surface area contributed by atoms with Crippen molar-refractivity contribution in [3.8, 4) is 0 Å². The molecule has 0 aliphatic carbocycles. The van der Waals surface area contributed by atoms with E-state index in [1.54, 1.807) is 24.3 Å². The highest BCUT2D eigenvalue weighted by Crippen LogP contribution is 2.12. The molecule has 0 fully saturated rings. The van der Waals surface area contributed by atoms with Gasteiger partial charge in [-0.05, 0) is 30.7 Å². The first kappa shape index (κ1) is 12.2. The molecule has 84 valence electrons. The van der Waals surface area contributed by atoms with E-state index >= 15 is 0 Å². The molecule has 15 heavy (non-hydrogen) atoms. The Morgan fingerprint density at radius 2 is 1.67 bits per heavy atom. The summed E-state index contributed by atoms with van der Waals surface area (Å²) in [5, 5.41) is 0. The third-order valence-electron chi connectivity index (χ3n) is 2.14. The number of rotatable bonds is 5. The molecule has 0 spiro atoms. The monoisotopic (exact) mass is 228 g/mol. The quantitative estimate of drug-likeness (QED) is 0.757. The van der Waals surface area contributed by atoms with Crippen molar-refractivity contribution in [3.63, 3.8) is 0 Å². The summed E-state index contributed by atoms with van der Waals surface area (Å²) in [6.07, 6.45) is 0.487. The van der Waals surface area contributed by atoms with Gasteiger partial charge in [-0.25, -0.2) is 8.42 Å². The molecule has 0 atom stereocenters. The fourth-order valence-electron chi connectivity index (χ4n) is 1.22. The summed E-state index contributed by atoms with van der Waals surface area (Å²) in [6.45, 7) is 0.809. The molecule has 0 heterocycles. The summed E-state index contributed by atoms with van der Waals surface area (Å²) >= 11 is 0. The van der Waals surface area contributed by atoms with Crippen LogP contribution in [-0.4, -0.2) is 20.7 Å². The largest absolute Gasteiger partial charge is 0.330 e. The molecule has 4 N–H and O–H groups in total. The van der Waals surface area contributed by atoms with Crippen molar-refractivity contribution in [3.05, 3.63) is 29.8 Å². The van der Waals surface area contributed by atoms with E-state index in [0.717, 1.165) is 5.56 Å². The van der Waals surface area contributed by atoms with Gasteiger partial charge in [0.1, 0.15) is 0 Å². The molecular weight excluding hydrogens is 212 g/mol. The molecule has 1 rings (SSSR count). The molecule has 4 nitrogen and oxygen atoms in total. The lowest BCUT2D eigenvalue weighted by Crippen LogP contribution is -2.11. The molecule has 5 heteroatoms. The van der Waals surface area contributed by atoms with Crippen molar-refractivity contribution in [2.24, 2.45) is 11.5 Å². The van der Waals surface area contributed by atoms with Crippen LogP contribution in [0.4, 0.5) is 0 Å². The Bertz CT molecular complexity index is 398. The van der Waals surface area contributed by atoms with Gasteiger partial charge in [-0.2, -0.15) is 0 Å². The van der Waals surface area contributed by atoms with Crippen molar-refractivity contribution in [1.82, 2.24) is 0 Å². The van der Waals surface area contributed by atoms with Gasteiger partial charge in [-0.15, -0.1) is 0 Å². The molecule has 1 aromatic carbocycles. The predicted octanol–water partition coefficient (Wildman–Crippen LogP) is 0.268. The summed E-state index contributed by atoms with van der Waals surface area (Å²) in [6, 6.07) is 6.65. The van der Waals surface area contributed by atoms with E-state index in [9.17, 15) is 8.42 Å². The Labute approximate surface area is 90.2 Å². The number of benzene rings is 1. The second-order valence-corrected chi connectivity index (χ2v) is 5.42. The van der Waals surface area contributed by atoms with Crippen LogP contribution in [0.5, 0.6) is 0 Å². The average Bonchev–Trinajstić information content (AvgIpc) is 2.26. The molecule has 0 aliphatic rings. The molecule has 0 saturated carbocycles. The van der Waals surface area contributed by atoms with E-state index in [1.807, 2.05) is 0 Å². The van der Waals surface area contributed by atoms with Crippen LogP contribution in [0.2, 0.25) is 0 Å². The smallest absolute Gasteiger partial charge is 0.178 e. The molecule has 0 saturated heterocycles. The molecule has 0 unspecified atom stereocenters. The van der Waals surface area contributed by atoms with Crippen LogP contribution in [0.15, 0.2) is 29.2 Å². The van der Waals surface area contributed by atoms with Gasteiger partial charge in [0.15, 0.2) is 9.84 Å². The molecule has 0 amide bonds. The third-order valence-corrected chi connectivity index (χ3v) is 3.95. The van der Waals surface area contributed by atoms with Crippen LogP contribution >= 0.6 is 0 Å². The Morgan fingerprint density at radius 1 is 1.07 bits per heavy atom. The van der Waals surface area contributed by atoms with E-state index in [1.165, 1.54) is 0 Å². The van der Waals surface area contributed by atoms with Crippen LogP contribution in [0.3, 0.4) is 0 Å². The van der Waals surface area contributed by atoms with Gasteiger partial charge in [0.05, 0.1) is 10.6 Å². The van der Waals surface area contributed by atoms with Gasteiger partial charge in [0.25, 0.3) is 0 Å². The molecule has 1 aromatic rings. The van der Waals surface area contributed by atoms with Crippen molar-refractivity contribution >= 4 is 9.84 Å². The van der Waals surface area contributed by atoms with Crippen LogP contribution in [0.1, 0.15) is 12.0 Å².